The number of aliphatic imine (C=N–C) groups is 1. The fraction of sp³-hybridized carbons (Fsp3) is 0.350. The number of hydrogen-bond donors (Lipinski definition) is 1. The quantitative estimate of drug-likeness (QED) is 0.609. The normalized spacial score (nSPS) is 12.4. The first kappa shape index (κ1) is 19.6. The highest BCUT2D eigenvalue weighted by molar-refractivity contribution is 5.79. The van der Waals surface area contributed by atoms with Crippen molar-refractivity contribution in [3.8, 4) is 11.5 Å². The maximum atomic E-state index is 13.3. The summed E-state index contributed by atoms with van der Waals surface area (Å²) in [6.45, 7) is 3.09. The average Bonchev–Trinajstić information content (AvgIpc) is 2.62. The molecule has 0 spiro atoms. The molecule has 0 aromatic heterocycles. The minimum atomic E-state index is -0.238. The van der Waals surface area contributed by atoms with Gasteiger partial charge in [-0.3, -0.25) is 4.99 Å². The summed E-state index contributed by atoms with van der Waals surface area (Å²) in [6, 6.07) is 14.1. The molecule has 1 N–H and O–H groups in total. The van der Waals surface area contributed by atoms with Crippen LogP contribution in [0.5, 0.6) is 11.5 Å². The number of nitrogens with one attached hydrogen (secondary N) is 1. The van der Waals surface area contributed by atoms with Crippen LogP contribution < -0.4 is 14.8 Å². The zero-order valence-electron chi connectivity index (χ0n) is 15.7. The maximum absolute atomic E-state index is 13.3. The molecule has 0 aliphatic carbocycles. The minimum absolute atomic E-state index is 0.0920. The summed E-state index contributed by atoms with van der Waals surface area (Å²) in [7, 11) is 5.25. The number of nitrogens with zero attached hydrogens (tertiary/aromatic N) is 2. The predicted molar refractivity (Wildman–Crippen MR) is 102 cm³/mol. The van der Waals surface area contributed by atoms with Gasteiger partial charge in [0.15, 0.2) is 17.5 Å². The molecule has 0 aliphatic rings. The van der Waals surface area contributed by atoms with Gasteiger partial charge in [-0.15, -0.1) is 0 Å². The van der Waals surface area contributed by atoms with Crippen molar-refractivity contribution < 1.29 is 13.9 Å². The number of benzene rings is 2. The van der Waals surface area contributed by atoms with E-state index in [2.05, 4.69) is 10.3 Å². The van der Waals surface area contributed by atoms with Gasteiger partial charge in [0.2, 0.25) is 0 Å². The maximum Gasteiger partial charge on any atom is 0.193 e. The molecular formula is C20H26FN3O2. The molecule has 2 rings (SSSR count). The van der Waals surface area contributed by atoms with Crippen molar-refractivity contribution in [3.63, 3.8) is 0 Å². The summed E-state index contributed by atoms with van der Waals surface area (Å²) in [4.78, 5) is 6.21. The van der Waals surface area contributed by atoms with Crippen LogP contribution in [0.2, 0.25) is 0 Å². The summed E-state index contributed by atoms with van der Waals surface area (Å²) in [5, 5.41) is 3.28. The molecule has 140 valence electrons. The standard InChI is InChI=1S/C20H26FN3O2/c1-15(26-19-11-6-5-10-18(19)25-4)13-23-20(22-2)24(3)14-16-8-7-9-17(21)12-16/h5-12,15H,13-14H2,1-4H3,(H,22,23). The van der Waals surface area contributed by atoms with Crippen LogP contribution in [0.1, 0.15) is 12.5 Å². The average molecular weight is 359 g/mol. The molecule has 0 heterocycles. The van der Waals surface area contributed by atoms with Crippen molar-refractivity contribution in [1.29, 1.82) is 0 Å². The van der Waals surface area contributed by atoms with Crippen LogP contribution in [0.3, 0.4) is 0 Å². The predicted octanol–water partition coefficient (Wildman–Crippen LogP) is 3.31. The summed E-state index contributed by atoms with van der Waals surface area (Å²) < 4.78 is 24.6. The van der Waals surface area contributed by atoms with Crippen LogP contribution >= 0.6 is 0 Å². The van der Waals surface area contributed by atoms with E-state index in [1.165, 1.54) is 12.1 Å². The van der Waals surface area contributed by atoms with Crippen LogP contribution in [-0.4, -0.2) is 44.7 Å². The molecule has 1 atom stereocenters. The van der Waals surface area contributed by atoms with Gasteiger partial charge in [0.05, 0.1) is 13.7 Å². The second-order valence-electron chi connectivity index (χ2n) is 5.99. The Labute approximate surface area is 154 Å². The van der Waals surface area contributed by atoms with E-state index in [1.807, 2.05) is 49.2 Å². The minimum Gasteiger partial charge on any atom is -0.493 e. The Hall–Kier alpha value is -2.76. The highest BCUT2D eigenvalue weighted by atomic mass is 19.1. The molecule has 2 aromatic carbocycles. The summed E-state index contributed by atoms with van der Waals surface area (Å²) in [5.74, 6) is 1.88. The van der Waals surface area contributed by atoms with Crippen molar-refractivity contribution in [3.05, 3.63) is 59.9 Å². The second-order valence-corrected chi connectivity index (χ2v) is 5.99. The smallest absolute Gasteiger partial charge is 0.193 e. The number of rotatable bonds is 7. The molecule has 0 radical (unpaired) electrons. The fourth-order valence-corrected chi connectivity index (χ4v) is 2.58. The Morgan fingerprint density at radius 3 is 2.58 bits per heavy atom. The van der Waals surface area contributed by atoms with E-state index in [4.69, 9.17) is 9.47 Å². The molecule has 5 nitrogen and oxygen atoms in total. The molecular weight excluding hydrogens is 333 g/mol. The first-order valence-corrected chi connectivity index (χ1v) is 8.49. The highest BCUT2D eigenvalue weighted by Gasteiger charge is 2.12. The summed E-state index contributed by atoms with van der Waals surface area (Å²) in [6.07, 6.45) is -0.0920. The van der Waals surface area contributed by atoms with Crippen LogP contribution in [0.15, 0.2) is 53.5 Å². The fourth-order valence-electron chi connectivity index (χ4n) is 2.58. The lowest BCUT2D eigenvalue weighted by molar-refractivity contribution is 0.212. The molecule has 1 unspecified atom stereocenters. The lowest BCUT2D eigenvalue weighted by atomic mass is 10.2. The van der Waals surface area contributed by atoms with Gasteiger partial charge in [0, 0.05) is 20.6 Å². The van der Waals surface area contributed by atoms with Gasteiger partial charge in [0.1, 0.15) is 11.9 Å². The van der Waals surface area contributed by atoms with Crippen molar-refractivity contribution in [2.45, 2.75) is 19.6 Å². The largest absolute Gasteiger partial charge is 0.493 e. The van der Waals surface area contributed by atoms with Gasteiger partial charge in [-0.05, 0) is 36.8 Å². The SMILES string of the molecule is CN=C(NCC(C)Oc1ccccc1OC)N(C)Cc1cccc(F)c1. The van der Waals surface area contributed by atoms with Gasteiger partial charge in [-0.2, -0.15) is 0 Å². The van der Waals surface area contributed by atoms with Crippen LogP contribution in [0, 0.1) is 5.82 Å². The van der Waals surface area contributed by atoms with E-state index in [0.717, 1.165) is 5.56 Å². The highest BCUT2D eigenvalue weighted by Crippen LogP contribution is 2.26. The Morgan fingerprint density at radius 1 is 1.19 bits per heavy atom. The van der Waals surface area contributed by atoms with Gasteiger partial charge in [-0.1, -0.05) is 24.3 Å². The summed E-state index contributed by atoms with van der Waals surface area (Å²) >= 11 is 0. The number of hydrogen-bond acceptors (Lipinski definition) is 3. The topological polar surface area (TPSA) is 46.1 Å². The van der Waals surface area contributed by atoms with Gasteiger partial charge >= 0.3 is 0 Å². The third-order valence-corrected chi connectivity index (χ3v) is 3.83. The van der Waals surface area contributed by atoms with Crippen molar-refractivity contribution >= 4 is 5.96 Å². The molecule has 0 saturated heterocycles. The van der Waals surface area contributed by atoms with E-state index >= 15 is 0 Å². The van der Waals surface area contributed by atoms with Gasteiger partial charge in [0.25, 0.3) is 0 Å². The number of para-hydroxylation sites is 2. The molecule has 26 heavy (non-hydrogen) atoms. The zero-order chi connectivity index (χ0) is 18.9. The molecule has 0 bridgehead atoms. The van der Waals surface area contributed by atoms with Gasteiger partial charge in [-0.25, -0.2) is 4.39 Å². The zero-order valence-corrected chi connectivity index (χ0v) is 15.7. The van der Waals surface area contributed by atoms with E-state index in [-0.39, 0.29) is 11.9 Å². The van der Waals surface area contributed by atoms with Crippen molar-refractivity contribution in [1.82, 2.24) is 10.2 Å². The first-order valence-electron chi connectivity index (χ1n) is 8.49. The molecule has 0 saturated carbocycles. The Kier molecular flexibility index (Phi) is 7.26. The van der Waals surface area contributed by atoms with Crippen LogP contribution in [0.4, 0.5) is 4.39 Å². The van der Waals surface area contributed by atoms with E-state index in [9.17, 15) is 4.39 Å². The lowest BCUT2D eigenvalue weighted by Crippen LogP contribution is -2.42. The molecule has 0 fully saturated rings. The number of guanidine groups is 1. The lowest BCUT2D eigenvalue weighted by Gasteiger charge is -2.24. The summed E-state index contributed by atoms with van der Waals surface area (Å²) in [5.41, 5.74) is 0.883. The molecule has 0 aliphatic heterocycles. The Balaban J connectivity index is 1.89. The van der Waals surface area contributed by atoms with Crippen LogP contribution in [-0.2, 0) is 6.54 Å². The molecule has 2 aromatic rings. The number of halogens is 1. The van der Waals surface area contributed by atoms with E-state index in [0.29, 0.717) is 30.5 Å². The molecule has 0 amide bonds. The second kappa shape index (κ2) is 9.65. The molecule has 6 heteroatoms. The Bertz CT molecular complexity index is 737. The third-order valence-electron chi connectivity index (χ3n) is 3.83. The van der Waals surface area contributed by atoms with Gasteiger partial charge < -0.3 is 19.7 Å². The van der Waals surface area contributed by atoms with Crippen molar-refractivity contribution in [2.24, 2.45) is 4.99 Å². The van der Waals surface area contributed by atoms with Crippen molar-refractivity contribution in [2.75, 3.05) is 27.7 Å². The Morgan fingerprint density at radius 2 is 1.92 bits per heavy atom. The van der Waals surface area contributed by atoms with E-state index in [1.54, 1.807) is 20.2 Å². The van der Waals surface area contributed by atoms with E-state index < -0.39 is 0 Å². The first-order chi connectivity index (χ1) is 12.5. The van der Waals surface area contributed by atoms with Crippen LogP contribution in [0.25, 0.3) is 0 Å². The number of ether oxygens (including phenoxy) is 2. The monoisotopic (exact) mass is 359 g/mol. The third kappa shape index (κ3) is 5.65. The number of methoxy groups -OCH3 is 1.